The molecular weight excluding hydrogens is 1710 g/mol. The molecule has 16 aromatic heterocycles. The predicted octanol–water partition coefficient (Wildman–Crippen LogP) is 26.9. The van der Waals surface area contributed by atoms with E-state index in [1.54, 1.807) is 0 Å². The second kappa shape index (κ2) is 27.7. The van der Waals surface area contributed by atoms with Crippen molar-refractivity contribution in [2.24, 2.45) is 0 Å². The number of aromatic nitrogens is 16. The maximum Gasteiger partial charge on any atom is 0.146 e. The van der Waals surface area contributed by atoms with Crippen molar-refractivity contribution in [3.63, 3.8) is 0 Å². The number of fused-ring (bicyclic) bond motifs is 62. The van der Waals surface area contributed by atoms with Crippen LogP contribution in [-0.4, -0.2) is 77.4 Å². The zero-order valence-corrected chi connectivity index (χ0v) is 75.1. The summed E-state index contributed by atoms with van der Waals surface area (Å²) in [7, 11) is 0. The van der Waals surface area contributed by atoms with Crippen LogP contribution in [0.1, 0.15) is 89.0 Å². The first-order valence-corrected chi connectivity index (χ1v) is 48.1. The second-order valence-electron chi connectivity index (χ2n) is 38.8. The summed E-state index contributed by atoms with van der Waals surface area (Å²) < 4.78 is 9.07. The van der Waals surface area contributed by atoms with Gasteiger partial charge < -0.3 is 0 Å². The highest BCUT2D eigenvalue weighted by atomic mass is 15.1. The van der Waals surface area contributed by atoms with Crippen LogP contribution in [-0.2, 0) is 51.4 Å². The summed E-state index contributed by atoms with van der Waals surface area (Å²) in [5.41, 5.74) is 61.2. The minimum atomic E-state index is 0.917. The lowest BCUT2D eigenvalue weighted by molar-refractivity contribution is 1.17. The van der Waals surface area contributed by atoms with Crippen LogP contribution in [0.2, 0.25) is 0 Å². The second-order valence-corrected chi connectivity index (χ2v) is 38.8. The lowest BCUT2D eigenvalue weighted by atomic mass is 9.94. The Labute approximate surface area is 796 Å². The van der Waals surface area contributed by atoms with Gasteiger partial charge in [0.15, 0.2) is 0 Å². The van der Waals surface area contributed by atoms with Crippen molar-refractivity contribution < 1.29 is 0 Å². The standard InChI is InChI=1S/4C31H18N4/c1-2-4-20-17(3-1)11-18-12-24-19(13-23(18)20)14-25-21(24)5-6-22-26-15-32-10-8-28(26)35-29-16-33-9-7-27(29)34-31(35)30(22)25;1-2-4-20-17(3-1)11-18-12-19-13-25-21(24(19)14-23(18)20)5-6-22-26-15-32-10-8-28(26)35-29-16-33-9-7-27(29)34-31(35)30(22)25;1-2-4-19-17(3-1)13-23-20(19)6-5-18-14-24-21(29(18)23)7-8-22-25-15-32-12-10-27(25)35-28-16-33-11-9-26(28)34-31(35)30(22)24;1-2-4-18-17(3-1)13-23-19(18)5-6-20-21-7-8-22-26-15-32-12-10-28(26)35-29-16-33-11-9-27(29)34-31(35)30(22)25(21)14-24(20)23/h1-10,12-13,15-16H,11,14H2;1-10,12,14-16H,11,13H2;2*1-12,15-16H,13-14H2. The van der Waals surface area contributed by atoms with Gasteiger partial charge in [0.2, 0.25) is 0 Å². The fraction of sp³-hybridized carbons (Fsp3) is 0.0645. The zero-order valence-electron chi connectivity index (χ0n) is 75.1. The molecule has 28 aromatic rings. The summed E-state index contributed by atoms with van der Waals surface area (Å²) >= 11 is 0. The molecule has 648 valence electrons. The molecular formula is C124H72N16. The van der Waals surface area contributed by atoms with Gasteiger partial charge in [0.25, 0.3) is 0 Å². The van der Waals surface area contributed by atoms with Crippen LogP contribution in [0.4, 0.5) is 0 Å². The van der Waals surface area contributed by atoms with E-state index in [0.717, 1.165) is 162 Å². The number of benzene rings is 12. The first kappa shape index (κ1) is 75.1. The number of hydrogen-bond donors (Lipinski definition) is 0. The molecule has 8 aliphatic carbocycles. The van der Waals surface area contributed by atoms with Crippen LogP contribution in [0.5, 0.6) is 0 Å². The summed E-state index contributed by atoms with van der Waals surface area (Å²) in [6.45, 7) is 0. The maximum atomic E-state index is 5.14. The van der Waals surface area contributed by atoms with Gasteiger partial charge in [0, 0.05) is 117 Å². The Balaban J connectivity index is 0.0000000829. The molecule has 0 atom stereocenters. The fourth-order valence-electron chi connectivity index (χ4n) is 26.2. The van der Waals surface area contributed by atoms with Gasteiger partial charge in [-0.1, -0.05) is 176 Å². The van der Waals surface area contributed by atoms with Gasteiger partial charge in [-0.2, -0.15) is 0 Å². The van der Waals surface area contributed by atoms with Gasteiger partial charge >= 0.3 is 0 Å². The van der Waals surface area contributed by atoms with E-state index in [2.05, 4.69) is 276 Å². The molecule has 0 fully saturated rings. The Hall–Kier alpha value is -18.3. The molecule has 16 heteroatoms. The maximum absolute atomic E-state index is 5.14. The Morgan fingerprint density at radius 3 is 0.879 bits per heavy atom. The third kappa shape index (κ3) is 10.2. The molecule has 0 saturated heterocycles. The minimum Gasteiger partial charge on any atom is -0.290 e. The largest absolute Gasteiger partial charge is 0.290 e. The number of rotatable bonds is 0. The molecule has 0 unspecified atom stereocenters. The first-order chi connectivity index (χ1) is 69.4. The summed E-state index contributed by atoms with van der Waals surface area (Å²) in [5, 5.41) is 14.4. The van der Waals surface area contributed by atoms with E-state index in [1.807, 2.05) is 123 Å². The highest BCUT2D eigenvalue weighted by Gasteiger charge is 2.37. The minimum absolute atomic E-state index is 0.917. The predicted molar refractivity (Wildman–Crippen MR) is 559 cm³/mol. The molecule has 16 nitrogen and oxygen atoms in total. The fourth-order valence-corrected chi connectivity index (χ4v) is 26.2. The van der Waals surface area contributed by atoms with Gasteiger partial charge in [-0.15, -0.1) is 0 Å². The summed E-state index contributed by atoms with van der Waals surface area (Å²) in [4.78, 5) is 56.1. The van der Waals surface area contributed by atoms with E-state index in [1.165, 1.54) is 221 Å². The smallest absolute Gasteiger partial charge is 0.146 e. The number of pyridine rings is 12. The van der Waals surface area contributed by atoms with Gasteiger partial charge in [-0.05, 0) is 318 Å². The first-order valence-electron chi connectivity index (χ1n) is 48.1. The molecule has 0 radical (unpaired) electrons. The van der Waals surface area contributed by atoms with Gasteiger partial charge in [-0.3, -0.25) is 57.5 Å². The van der Waals surface area contributed by atoms with E-state index in [-0.39, 0.29) is 0 Å². The Kier molecular flexibility index (Phi) is 14.9. The van der Waals surface area contributed by atoms with Crippen molar-refractivity contribution in [1.29, 1.82) is 0 Å². The van der Waals surface area contributed by atoms with Gasteiger partial charge in [0.05, 0.1) is 91.0 Å². The Morgan fingerprint density at radius 1 is 0.164 bits per heavy atom. The van der Waals surface area contributed by atoms with Crippen molar-refractivity contribution in [1.82, 2.24) is 77.4 Å². The van der Waals surface area contributed by atoms with Crippen molar-refractivity contribution in [3.05, 3.63) is 431 Å². The summed E-state index contributed by atoms with van der Waals surface area (Å²) in [6, 6.07) is 89.1. The lowest BCUT2D eigenvalue weighted by Crippen LogP contribution is -1.96. The van der Waals surface area contributed by atoms with Crippen molar-refractivity contribution >= 4 is 153 Å². The highest BCUT2D eigenvalue weighted by molar-refractivity contribution is 6.22. The van der Waals surface area contributed by atoms with Crippen molar-refractivity contribution in [2.75, 3.05) is 0 Å². The third-order valence-electron chi connectivity index (χ3n) is 32.1. The van der Waals surface area contributed by atoms with Crippen LogP contribution in [0.15, 0.2) is 342 Å². The van der Waals surface area contributed by atoms with Crippen LogP contribution in [0, 0.1) is 0 Å². The summed E-state index contributed by atoms with van der Waals surface area (Å²) in [5.74, 6) is 0. The molecule has 12 aromatic carbocycles. The zero-order chi connectivity index (χ0) is 90.7. The van der Waals surface area contributed by atoms with Crippen LogP contribution >= 0.6 is 0 Å². The van der Waals surface area contributed by atoms with E-state index < -0.39 is 0 Å². The normalized spacial score (nSPS) is 13.5. The molecule has 0 spiro atoms. The average Bonchev–Trinajstić information content (AvgIpc) is 1.55. The molecule has 0 amide bonds. The lowest BCUT2D eigenvalue weighted by Gasteiger charge is -2.13. The molecule has 8 aliphatic rings. The molecule has 0 aliphatic heterocycles. The molecule has 0 bridgehead atoms. The SMILES string of the molecule is c1ccc2c(c1)Cc1c-2ccc2c1-c1ccc3c4cnccc4n4c5cnccc5nc4c3c1C2.c1ccc2c(c1)Cc1c-2ccc2c1Cc1c-2ccc2c3cnccc3n3c4cnccc4nc3c12.c1ccc2c(c1)Cc1cc3c(cc1-2)-c1ccc2c4cnccc4n4c5cnccc5nc4c2c1C3.c1ccc2c(c1)Cc1cc3c(cc1-2)Cc1c-3ccc2c3cnccc3n3c4cnccc4nc3c12. The molecule has 0 saturated carbocycles. The molecule has 0 N–H and O–H groups in total. The van der Waals surface area contributed by atoms with E-state index in [0.29, 0.717) is 0 Å². The quantitative estimate of drug-likeness (QED) is 0.132. The van der Waals surface area contributed by atoms with E-state index in [9.17, 15) is 0 Å². The summed E-state index contributed by atoms with van der Waals surface area (Å²) in [6.07, 6.45) is 38.1. The number of imidazole rings is 4. The molecule has 140 heavy (non-hydrogen) atoms. The third-order valence-corrected chi connectivity index (χ3v) is 32.1. The van der Waals surface area contributed by atoms with Gasteiger partial charge in [-0.25, -0.2) is 19.9 Å². The number of nitrogens with zero attached hydrogens (tertiary/aromatic N) is 16. The average molecular weight is 1790 g/mol. The van der Waals surface area contributed by atoms with E-state index >= 15 is 0 Å². The highest BCUT2D eigenvalue weighted by Crippen LogP contribution is 2.56. The topological polar surface area (TPSA) is 172 Å². The Morgan fingerprint density at radius 2 is 0.436 bits per heavy atom. The van der Waals surface area contributed by atoms with Crippen LogP contribution in [0.3, 0.4) is 0 Å². The molecule has 36 rings (SSSR count). The Bertz CT molecular complexity index is 10600. The van der Waals surface area contributed by atoms with Crippen LogP contribution in [0.25, 0.3) is 242 Å². The van der Waals surface area contributed by atoms with Gasteiger partial charge in [0.1, 0.15) is 22.6 Å². The van der Waals surface area contributed by atoms with Crippen molar-refractivity contribution in [3.8, 4) is 89.0 Å². The van der Waals surface area contributed by atoms with E-state index in [4.69, 9.17) is 19.9 Å². The number of hydrogen-bond acceptors (Lipinski definition) is 12. The monoisotopic (exact) mass is 1780 g/mol. The molecule has 16 heterocycles. The van der Waals surface area contributed by atoms with Crippen molar-refractivity contribution in [2.45, 2.75) is 51.4 Å². The van der Waals surface area contributed by atoms with Crippen LogP contribution < -0.4 is 0 Å².